The van der Waals surface area contributed by atoms with Gasteiger partial charge in [-0.25, -0.2) is 4.79 Å². The molecule has 0 unspecified atom stereocenters. The van der Waals surface area contributed by atoms with Gasteiger partial charge in [-0.1, -0.05) is 120 Å². The van der Waals surface area contributed by atoms with Gasteiger partial charge < -0.3 is 35.4 Å². The lowest BCUT2D eigenvalue weighted by molar-refractivity contribution is -0.163. The quantitative estimate of drug-likeness (QED) is 0.133. The second kappa shape index (κ2) is 28.0. The summed E-state index contributed by atoms with van der Waals surface area (Å²) in [6, 6.07) is -4.39. The molecule has 1 aliphatic carbocycles. The minimum atomic E-state index is -1.47. The maximum Gasteiger partial charge on any atom is 0.329 e. The van der Waals surface area contributed by atoms with Gasteiger partial charge in [0.15, 0.2) is 6.10 Å². The van der Waals surface area contributed by atoms with E-state index in [-0.39, 0.29) is 68.1 Å². The van der Waals surface area contributed by atoms with Crippen molar-refractivity contribution in [3.8, 4) is 6.07 Å². The molecule has 1 heterocycles. The maximum absolute atomic E-state index is 14.8. The normalized spacial score (nSPS) is 26.6. The first kappa shape index (κ1) is 55.9. The molecule has 6 amide bonds. The van der Waals surface area contributed by atoms with E-state index in [0.29, 0.717) is 6.42 Å². The molecule has 15 heteroatoms. The fraction of sp³-hybridized carbons (Fsp3) is 0.837. The van der Waals surface area contributed by atoms with Gasteiger partial charge in [-0.15, -0.1) is 0 Å². The van der Waals surface area contributed by atoms with Crippen molar-refractivity contribution in [2.75, 3.05) is 21.1 Å². The number of hydrogen-bond donors (Lipinski definition) is 3. The molecule has 64 heavy (non-hydrogen) atoms. The van der Waals surface area contributed by atoms with Gasteiger partial charge in [0.05, 0.1) is 6.07 Å². The monoisotopic (exact) mass is 900 g/mol. The van der Waals surface area contributed by atoms with E-state index in [4.69, 9.17) is 4.74 Å². The van der Waals surface area contributed by atoms with Crippen LogP contribution >= 0.6 is 0 Å². The minimum absolute atomic E-state index is 0.0102. The lowest BCUT2D eigenvalue weighted by Crippen LogP contribution is -2.60. The fourth-order valence-electron chi connectivity index (χ4n) is 9.04. The zero-order valence-electron chi connectivity index (χ0n) is 41.5. The van der Waals surface area contributed by atoms with Gasteiger partial charge >= 0.3 is 5.97 Å². The third-order valence-corrected chi connectivity index (χ3v) is 13.2. The molecule has 364 valence electrons. The van der Waals surface area contributed by atoms with Crippen molar-refractivity contribution >= 4 is 41.4 Å². The number of likely N-dealkylation sites (N-methyl/N-ethyl adjacent to an activating group) is 3. The number of nitrogens with zero attached hydrogens (tertiary/aromatic N) is 4. The molecular weight excluding hydrogens is 815 g/mol. The smallest absolute Gasteiger partial charge is 0.329 e. The van der Waals surface area contributed by atoms with Crippen LogP contribution in [0.3, 0.4) is 0 Å². The van der Waals surface area contributed by atoms with Crippen molar-refractivity contribution in [1.82, 2.24) is 30.7 Å². The molecule has 0 aromatic carbocycles. The number of carbonyl (C=O) groups is 7. The van der Waals surface area contributed by atoms with Gasteiger partial charge in [0.2, 0.25) is 29.5 Å². The number of carbonyl (C=O) groups excluding carboxylic acids is 7. The molecule has 1 saturated carbocycles. The van der Waals surface area contributed by atoms with Gasteiger partial charge in [-0.05, 0) is 68.6 Å². The van der Waals surface area contributed by atoms with Crippen molar-refractivity contribution in [1.29, 1.82) is 5.26 Å². The fourth-order valence-corrected chi connectivity index (χ4v) is 9.04. The molecule has 0 bridgehead atoms. The van der Waals surface area contributed by atoms with Crippen LogP contribution in [0.4, 0.5) is 0 Å². The van der Waals surface area contributed by atoms with E-state index in [2.05, 4.69) is 29.8 Å². The van der Waals surface area contributed by atoms with E-state index in [1.54, 1.807) is 7.05 Å². The summed E-state index contributed by atoms with van der Waals surface area (Å²) >= 11 is 0. The molecule has 9 atom stereocenters. The van der Waals surface area contributed by atoms with Crippen molar-refractivity contribution < 1.29 is 38.3 Å². The summed E-state index contributed by atoms with van der Waals surface area (Å²) < 4.78 is 5.80. The Morgan fingerprint density at radius 2 is 1.08 bits per heavy atom. The average Bonchev–Trinajstić information content (AvgIpc) is 3.77. The highest BCUT2D eigenvalue weighted by Gasteiger charge is 2.41. The summed E-state index contributed by atoms with van der Waals surface area (Å²) in [5, 5.41) is 18.4. The van der Waals surface area contributed by atoms with Crippen LogP contribution in [-0.2, 0) is 38.3 Å². The topological polar surface area (TPSA) is 198 Å². The van der Waals surface area contributed by atoms with Crippen molar-refractivity contribution in [2.45, 2.75) is 214 Å². The molecular formula is C49H85N7O8. The molecule has 3 N–H and O–H groups in total. The summed E-state index contributed by atoms with van der Waals surface area (Å²) in [6.07, 6.45) is 8.77. The molecule has 1 saturated heterocycles. The van der Waals surface area contributed by atoms with Crippen molar-refractivity contribution in [3.63, 3.8) is 0 Å². The van der Waals surface area contributed by atoms with Gasteiger partial charge in [0.25, 0.3) is 5.91 Å². The van der Waals surface area contributed by atoms with Crippen molar-refractivity contribution in [2.24, 2.45) is 29.6 Å². The van der Waals surface area contributed by atoms with Crippen LogP contribution in [0.1, 0.15) is 171 Å². The first-order valence-electron chi connectivity index (χ1n) is 24.4. The third kappa shape index (κ3) is 17.6. The van der Waals surface area contributed by atoms with Gasteiger partial charge in [0.1, 0.15) is 36.3 Å². The van der Waals surface area contributed by atoms with Crippen LogP contribution in [0.5, 0.6) is 0 Å². The summed E-state index contributed by atoms with van der Waals surface area (Å²) in [5.74, 6) is -4.10. The highest BCUT2D eigenvalue weighted by Crippen LogP contribution is 2.31. The van der Waals surface area contributed by atoms with Crippen LogP contribution in [0.25, 0.3) is 0 Å². The largest absolute Gasteiger partial charge is 0.451 e. The number of hydrogen-bond acceptors (Lipinski definition) is 9. The highest BCUT2D eigenvalue weighted by atomic mass is 16.5. The van der Waals surface area contributed by atoms with E-state index in [1.807, 2.05) is 47.6 Å². The summed E-state index contributed by atoms with van der Waals surface area (Å²) in [4.78, 5) is 105. The summed E-state index contributed by atoms with van der Waals surface area (Å²) in [7, 11) is 4.55. The molecule has 0 aromatic heterocycles. The first-order valence-corrected chi connectivity index (χ1v) is 24.4. The number of esters is 1. The van der Waals surface area contributed by atoms with Crippen LogP contribution in [-0.4, -0.2) is 120 Å². The lowest BCUT2D eigenvalue weighted by Gasteiger charge is -2.36. The number of amides is 6. The second-order valence-electron chi connectivity index (χ2n) is 20.0. The lowest BCUT2D eigenvalue weighted by atomic mass is 9.93. The number of unbranched alkanes of at least 4 members (excludes halogenated alkanes) is 2. The third-order valence-electron chi connectivity index (χ3n) is 13.2. The highest BCUT2D eigenvalue weighted by molar-refractivity contribution is 5.97. The Kier molecular flexibility index (Phi) is 24.4. The Balaban J connectivity index is 2.86. The first-order chi connectivity index (χ1) is 30.2. The van der Waals surface area contributed by atoms with Crippen LogP contribution in [0.2, 0.25) is 0 Å². The standard InChI is InChI=1S/C49H85N7O8/c1-13-15-20-33(7)28-38-46(60)54(10)35(9)49(63)64-42(24-19-25-50)45(59)53-39(29-34(8)21-16-14-2)48(62)55(11)40(27-32(5)6)43(57)51-37(26-31(3)4)47(61)56(12)41(44(58)52-38)30-36-22-17-18-23-36/h31-42H,13-24,26-30H2,1-12H3,(H,51,57)(H,52,58)(H,53,59)/t33-,34-,35+,37+,38+,39+,40+,41+,42-/m1/s1. The maximum atomic E-state index is 14.8. The van der Waals surface area contributed by atoms with Crippen LogP contribution in [0.15, 0.2) is 0 Å². The Morgan fingerprint density at radius 3 is 1.55 bits per heavy atom. The number of nitriles is 1. The van der Waals surface area contributed by atoms with Crippen molar-refractivity contribution in [3.05, 3.63) is 0 Å². The van der Waals surface area contributed by atoms with E-state index in [1.165, 1.54) is 35.7 Å². The molecule has 2 fully saturated rings. The summed E-state index contributed by atoms with van der Waals surface area (Å²) in [5.41, 5.74) is 0. The number of ether oxygens (including phenoxy) is 1. The van der Waals surface area contributed by atoms with Crippen LogP contribution in [0, 0.1) is 40.9 Å². The summed E-state index contributed by atoms with van der Waals surface area (Å²) in [6.45, 7) is 17.4. The van der Waals surface area contributed by atoms with Gasteiger partial charge in [-0.3, -0.25) is 28.8 Å². The van der Waals surface area contributed by atoms with Crippen LogP contribution < -0.4 is 16.0 Å². The Hall–Kier alpha value is -4.22. The zero-order valence-corrected chi connectivity index (χ0v) is 41.5. The van der Waals surface area contributed by atoms with E-state index in [9.17, 15) is 38.8 Å². The Labute approximate surface area is 385 Å². The SMILES string of the molecule is CCCC[C@@H](C)C[C@@H]1NC(=O)[C@H](CC2CCCC2)N(C)C(=O)[C@H](CC(C)C)NC(=O)[C@H](CC(C)C)N(C)C(=O)[C@H](C[C@H](C)CCCC)NC(=O)[C@@H](CCC#N)OC(=O)[C@H](C)N(C)C1=O. The number of cyclic esters (lactones) is 1. The predicted octanol–water partition coefficient (Wildman–Crippen LogP) is 6.28. The second-order valence-corrected chi connectivity index (χ2v) is 20.0. The van der Waals surface area contributed by atoms with Gasteiger partial charge in [-0.2, -0.15) is 5.26 Å². The molecule has 0 spiro atoms. The number of nitrogens with one attached hydrogen (secondary N) is 3. The Morgan fingerprint density at radius 1 is 0.641 bits per heavy atom. The minimum Gasteiger partial charge on any atom is -0.451 e. The number of rotatable bonds is 18. The molecule has 15 nitrogen and oxygen atoms in total. The average molecular weight is 900 g/mol. The molecule has 1 aliphatic heterocycles. The predicted molar refractivity (Wildman–Crippen MR) is 248 cm³/mol. The van der Waals surface area contributed by atoms with E-state index >= 15 is 0 Å². The molecule has 0 aromatic rings. The molecule has 2 rings (SSSR count). The van der Waals surface area contributed by atoms with Gasteiger partial charge in [0, 0.05) is 34.0 Å². The van der Waals surface area contributed by atoms with E-state index in [0.717, 1.165) is 64.2 Å². The van der Waals surface area contributed by atoms with E-state index < -0.39 is 83.8 Å². The molecule has 0 radical (unpaired) electrons. The molecule has 2 aliphatic rings. The Bertz CT molecular complexity index is 1580. The zero-order chi connectivity index (χ0) is 48.3.